The van der Waals surface area contributed by atoms with E-state index in [1.807, 2.05) is 21.0 Å². The molecule has 1 fully saturated rings. The van der Waals surface area contributed by atoms with Crippen LogP contribution in [-0.4, -0.2) is 61.4 Å². The molecular weight excluding hydrogens is 278 g/mol. The van der Waals surface area contributed by atoms with Crippen molar-refractivity contribution >= 4 is 24.2 Å². The van der Waals surface area contributed by atoms with Gasteiger partial charge in [0.25, 0.3) is 0 Å². The number of rotatable bonds is 6. The maximum absolute atomic E-state index is 12.4. The van der Waals surface area contributed by atoms with Crippen LogP contribution in [0.4, 0.5) is 0 Å². The first-order valence-electron chi connectivity index (χ1n) is 7.30. The number of amides is 2. The number of piperidine rings is 1. The molecule has 0 aromatic carbocycles. The van der Waals surface area contributed by atoms with Crippen molar-refractivity contribution in [2.24, 2.45) is 0 Å². The zero-order chi connectivity index (χ0) is 14.3. The van der Waals surface area contributed by atoms with Gasteiger partial charge in [0.05, 0.1) is 0 Å². The fourth-order valence-corrected chi connectivity index (χ4v) is 2.49. The van der Waals surface area contributed by atoms with Gasteiger partial charge < -0.3 is 15.1 Å². The maximum Gasteiger partial charge on any atom is 0.245 e. The van der Waals surface area contributed by atoms with E-state index in [1.54, 1.807) is 9.80 Å². The van der Waals surface area contributed by atoms with Crippen LogP contribution < -0.4 is 5.32 Å². The van der Waals surface area contributed by atoms with Crippen molar-refractivity contribution in [3.8, 4) is 0 Å². The Morgan fingerprint density at radius 2 is 2.05 bits per heavy atom. The number of nitrogens with one attached hydrogen (secondary N) is 1. The van der Waals surface area contributed by atoms with Gasteiger partial charge in [-0.05, 0) is 32.7 Å². The van der Waals surface area contributed by atoms with E-state index in [9.17, 15) is 9.59 Å². The summed E-state index contributed by atoms with van der Waals surface area (Å²) in [6.45, 7) is 4.19. The minimum Gasteiger partial charge on any atom is -0.343 e. The lowest BCUT2D eigenvalue weighted by Gasteiger charge is -2.37. The highest BCUT2D eigenvalue weighted by atomic mass is 35.5. The molecule has 1 heterocycles. The van der Waals surface area contributed by atoms with E-state index in [0.717, 1.165) is 38.8 Å². The molecule has 1 aliphatic rings. The van der Waals surface area contributed by atoms with Crippen LogP contribution in [0.3, 0.4) is 0 Å². The Morgan fingerprint density at radius 3 is 2.65 bits per heavy atom. The van der Waals surface area contributed by atoms with Crippen LogP contribution in [0.1, 0.15) is 39.0 Å². The highest BCUT2D eigenvalue weighted by molar-refractivity contribution is 5.87. The number of carbonyl (C=O) groups excluding carboxylic acids is 2. The summed E-state index contributed by atoms with van der Waals surface area (Å²) in [6.07, 6.45) is 4.24. The summed E-state index contributed by atoms with van der Waals surface area (Å²) in [4.78, 5) is 28.1. The maximum atomic E-state index is 12.4. The van der Waals surface area contributed by atoms with Gasteiger partial charge in [-0.1, -0.05) is 6.92 Å². The van der Waals surface area contributed by atoms with Crippen molar-refractivity contribution in [2.45, 2.75) is 45.1 Å². The molecule has 2 amide bonds. The van der Waals surface area contributed by atoms with Crippen LogP contribution in [0.15, 0.2) is 0 Å². The Kier molecular flexibility index (Phi) is 9.59. The molecule has 0 aromatic rings. The number of likely N-dealkylation sites (tertiary alicyclic amines) is 1. The third-order valence-corrected chi connectivity index (χ3v) is 3.65. The molecule has 20 heavy (non-hydrogen) atoms. The number of carbonyl (C=O) groups is 2. The molecule has 6 heteroatoms. The van der Waals surface area contributed by atoms with Crippen molar-refractivity contribution in [3.05, 3.63) is 0 Å². The van der Waals surface area contributed by atoms with E-state index in [0.29, 0.717) is 13.0 Å². The van der Waals surface area contributed by atoms with Crippen molar-refractivity contribution < 1.29 is 9.59 Å². The second kappa shape index (κ2) is 10.00. The molecule has 0 saturated carbocycles. The Labute approximate surface area is 128 Å². The van der Waals surface area contributed by atoms with Gasteiger partial charge in [-0.25, -0.2) is 0 Å². The van der Waals surface area contributed by atoms with Gasteiger partial charge in [0.15, 0.2) is 0 Å². The van der Waals surface area contributed by atoms with E-state index in [1.165, 1.54) is 0 Å². The van der Waals surface area contributed by atoms with Crippen molar-refractivity contribution in [3.63, 3.8) is 0 Å². The molecule has 1 rings (SSSR count). The first-order chi connectivity index (χ1) is 9.11. The van der Waals surface area contributed by atoms with Crippen LogP contribution >= 0.6 is 12.4 Å². The normalized spacial score (nSPS) is 18.4. The molecule has 1 unspecified atom stereocenters. The largest absolute Gasteiger partial charge is 0.343 e. The van der Waals surface area contributed by atoms with Gasteiger partial charge in [-0.3, -0.25) is 9.59 Å². The van der Waals surface area contributed by atoms with Crippen molar-refractivity contribution in [2.75, 3.05) is 33.7 Å². The highest BCUT2D eigenvalue weighted by Crippen LogP contribution is 2.20. The van der Waals surface area contributed by atoms with Crippen LogP contribution in [0, 0.1) is 0 Å². The lowest BCUT2D eigenvalue weighted by Crippen LogP contribution is -2.52. The predicted octanol–water partition coefficient (Wildman–Crippen LogP) is 1.27. The zero-order valence-corrected chi connectivity index (χ0v) is 13.7. The lowest BCUT2D eigenvalue weighted by atomic mass is 10.00. The molecule has 0 aliphatic carbocycles. The van der Waals surface area contributed by atoms with E-state index < -0.39 is 0 Å². The van der Waals surface area contributed by atoms with E-state index in [4.69, 9.17) is 0 Å². The molecule has 1 N–H and O–H groups in total. The molecule has 0 radical (unpaired) electrons. The fraction of sp³-hybridized carbons (Fsp3) is 0.857. The van der Waals surface area contributed by atoms with Crippen LogP contribution in [0.25, 0.3) is 0 Å². The Balaban J connectivity index is 0.00000361. The fourth-order valence-electron chi connectivity index (χ4n) is 2.49. The van der Waals surface area contributed by atoms with E-state index >= 15 is 0 Å². The molecule has 0 spiro atoms. The third-order valence-electron chi connectivity index (χ3n) is 3.65. The molecule has 1 saturated heterocycles. The van der Waals surface area contributed by atoms with Gasteiger partial charge in [-0.15, -0.1) is 12.4 Å². The minimum atomic E-state index is -0.241. The highest BCUT2D eigenvalue weighted by Gasteiger charge is 2.32. The van der Waals surface area contributed by atoms with Crippen molar-refractivity contribution in [1.29, 1.82) is 0 Å². The summed E-state index contributed by atoms with van der Waals surface area (Å²) in [5, 5.41) is 3.04. The summed E-state index contributed by atoms with van der Waals surface area (Å²) >= 11 is 0. The number of hydrogen-bond acceptors (Lipinski definition) is 3. The lowest BCUT2D eigenvalue weighted by molar-refractivity contribution is -0.146. The van der Waals surface area contributed by atoms with E-state index in [2.05, 4.69) is 5.32 Å². The number of likely N-dealkylation sites (N-methyl/N-ethyl adjacent to an activating group) is 2. The first kappa shape index (κ1) is 19.2. The monoisotopic (exact) mass is 305 g/mol. The SMILES string of the molecule is CCCC(=O)N1CCCCC1C(=O)N(C)CCNC.Cl. The van der Waals surface area contributed by atoms with E-state index in [-0.39, 0.29) is 30.3 Å². The second-order valence-electron chi connectivity index (χ2n) is 5.21. The number of halogens is 1. The summed E-state index contributed by atoms with van der Waals surface area (Å²) in [6, 6.07) is -0.241. The summed E-state index contributed by atoms with van der Waals surface area (Å²) in [5.74, 6) is 0.210. The molecular formula is C14H28ClN3O2. The van der Waals surface area contributed by atoms with Gasteiger partial charge >= 0.3 is 0 Å². The topological polar surface area (TPSA) is 52.7 Å². The smallest absolute Gasteiger partial charge is 0.245 e. The van der Waals surface area contributed by atoms with Gasteiger partial charge in [0, 0.05) is 33.1 Å². The van der Waals surface area contributed by atoms with Gasteiger partial charge in [0.2, 0.25) is 11.8 Å². The molecule has 0 bridgehead atoms. The van der Waals surface area contributed by atoms with Crippen molar-refractivity contribution in [1.82, 2.24) is 15.1 Å². The van der Waals surface area contributed by atoms with Gasteiger partial charge in [0.1, 0.15) is 6.04 Å². The Hall–Kier alpha value is -0.810. The quantitative estimate of drug-likeness (QED) is 0.804. The molecule has 0 aromatic heterocycles. The average molecular weight is 306 g/mol. The van der Waals surface area contributed by atoms with Crippen LogP contribution in [0.5, 0.6) is 0 Å². The first-order valence-corrected chi connectivity index (χ1v) is 7.30. The predicted molar refractivity (Wildman–Crippen MR) is 83.1 cm³/mol. The summed E-state index contributed by atoms with van der Waals surface area (Å²) < 4.78 is 0. The third kappa shape index (κ3) is 5.29. The molecule has 1 atom stereocenters. The Morgan fingerprint density at radius 1 is 1.35 bits per heavy atom. The summed E-state index contributed by atoms with van der Waals surface area (Å²) in [7, 11) is 3.69. The minimum absolute atomic E-state index is 0. The average Bonchev–Trinajstić information content (AvgIpc) is 2.44. The van der Waals surface area contributed by atoms with Gasteiger partial charge in [-0.2, -0.15) is 0 Å². The molecule has 5 nitrogen and oxygen atoms in total. The molecule has 1 aliphatic heterocycles. The number of hydrogen-bond donors (Lipinski definition) is 1. The van der Waals surface area contributed by atoms with Crippen LogP contribution in [-0.2, 0) is 9.59 Å². The molecule has 118 valence electrons. The zero-order valence-electron chi connectivity index (χ0n) is 12.9. The van der Waals surface area contributed by atoms with Crippen LogP contribution in [0.2, 0.25) is 0 Å². The second-order valence-corrected chi connectivity index (χ2v) is 5.21. The standard InChI is InChI=1S/C14H27N3O2.ClH/c1-4-7-13(18)17-10-6-5-8-12(17)14(19)16(3)11-9-15-2;/h12,15H,4-11H2,1-3H3;1H. The Bertz CT molecular complexity index is 313. The number of nitrogens with zero attached hydrogens (tertiary/aromatic N) is 2. The summed E-state index contributed by atoms with van der Waals surface area (Å²) in [5.41, 5.74) is 0.